The summed E-state index contributed by atoms with van der Waals surface area (Å²) in [4.78, 5) is 11.5. The lowest BCUT2D eigenvalue weighted by atomic mass is 10.0. The van der Waals surface area contributed by atoms with Crippen LogP contribution in [0.5, 0.6) is 5.75 Å². The highest BCUT2D eigenvalue weighted by molar-refractivity contribution is 6.06. The fraction of sp³-hybridized carbons (Fsp3) is 0.353. The maximum absolute atomic E-state index is 11.5. The number of aromatic carboxylic acids is 1. The molecular formula is C17H20O4. The van der Waals surface area contributed by atoms with Gasteiger partial charge >= 0.3 is 5.97 Å². The van der Waals surface area contributed by atoms with Crippen LogP contribution in [0.2, 0.25) is 0 Å². The maximum atomic E-state index is 11.5. The van der Waals surface area contributed by atoms with E-state index in [0.29, 0.717) is 24.3 Å². The summed E-state index contributed by atoms with van der Waals surface area (Å²) in [7, 11) is 0. The standard InChI is InChI=1S/C17H20O4/c1-17(2,3)21-11-10-20-14-9-8-12-6-4-5-7-13(12)15(14)16(18)19/h4-9H,10-11H2,1-3H3,(H,18,19). The molecule has 0 heterocycles. The van der Waals surface area contributed by atoms with Gasteiger partial charge in [0, 0.05) is 0 Å². The second-order valence-corrected chi connectivity index (χ2v) is 5.77. The van der Waals surface area contributed by atoms with E-state index in [1.165, 1.54) is 0 Å². The highest BCUT2D eigenvalue weighted by atomic mass is 16.5. The van der Waals surface area contributed by atoms with Crippen LogP contribution < -0.4 is 4.74 Å². The van der Waals surface area contributed by atoms with Crippen LogP contribution >= 0.6 is 0 Å². The number of carboxylic acid groups (broad SMARTS) is 1. The molecule has 0 aliphatic heterocycles. The minimum Gasteiger partial charge on any atom is -0.490 e. The first-order chi connectivity index (χ1) is 9.88. The fourth-order valence-electron chi connectivity index (χ4n) is 2.09. The van der Waals surface area contributed by atoms with Crippen molar-refractivity contribution in [3.05, 3.63) is 42.0 Å². The van der Waals surface area contributed by atoms with Crippen molar-refractivity contribution in [1.29, 1.82) is 0 Å². The van der Waals surface area contributed by atoms with Crippen LogP contribution in [-0.2, 0) is 4.74 Å². The van der Waals surface area contributed by atoms with E-state index in [1.807, 2.05) is 45.0 Å². The smallest absolute Gasteiger partial charge is 0.340 e. The molecule has 0 saturated heterocycles. The normalized spacial score (nSPS) is 11.6. The fourth-order valence-corrected chi connectivity index (χ4v) is 2.09. The molecule has 21 heavy (non-hydrogen) atoms. The average Bonchev–Trinajstić information content (AvgIpc) is 2.41. The van der Waals surface area contributed by atoms with Gasteiger partial charge in [-0.15, -0.1) is 0 Å². The summed E-state index contributed by atoms with van der Waals surface area (Å²) < 4.78 is 11.2. The third-order valence-corrected chi connectivity index (χ3v) is 2.98. The maximum Gasteiger partial charge on any atom is 0.340 e. The van der Waals surface area contributed by atoms with Gasteiger partial charge in [-0.1, -0.05) is 30.3 Å². The molecule has 0 spiro atoms. The predicted octanol–water partition coefficient (Wildman–Crippen LogP) is 3.73. The Kier molecular flexibility index (Phi) is 4.48. The molecule has 4 nitrogen and oxygen atoms in total. The van der Waals surface area contributed by atoms with Gasteiger partial charge in [-0.3, -0.25) is 0 Å². The Balaban J connectivity index is 2.20. The third-order valence-electron chi connectivity index (χ3n) is 2.98. The van der Waals surface area contributed by atoms with Crippen LogP contribution in [0, 0.1) is 0 Å². The van der Waals surface area contributed by atoms with Gasteiger partial charge in [0.05, 0.1) is 12.2 Å². The monoisotopic (exact) mass is 288 g/mol. The lowest BCUT2D eigenvalue weighted by Gasteiger charge is -2.20. The molecule has 112 valence electrons. The highest BCUT2D eigenvalue weighted by Gasteiger charge is 2.16. The molecule has 4 heteroatoms. The molecular weight excluding hydrogens is 268 g/mol. The Hall–Kier alpha value is -2.07. The van der Waals surface area contributed by atoms with Crippen molar-refractivity contribution in [3.8, 4) is 5.75 Å². The molecule has 2 rings (SSSR count). The van der Waals surface area contributed by atoms with Gasteiger partial charge in [-0.2, -0.15) is 0 Å². The van der Waals surface area contributed by atoms with Gasteiger partial charge in [0.25, 0.3) is 0 Å². The first-order valence-electron chi connectivity index (χ1n) is 6.90. The van der Waals surface area contributed by atoms with Crippen LogP contribution in [0.4, 0.5) is 0 Å². The number of fused-ring (bicyclic) bond motifs is 1. The van der Waals surface area contributed by atoms with Gasteiger partial charge in [0.1, 0.15) is 17.9 Å². The minimum atomic E-state index is -0.987. The number of carboxylic acids is 1. The van der Waals surface area contributed by atoms with Crippen molar-refractivity contribution in [2.75, 3.05) is 13.2 Å². The molecule has 0 radical (unpaired) electrons. The van der Waals surface area contributed by atoms with Crippen LogP contribution in [0.15, 0.2) is 36.4 Å². The Morgan fingerprint density at radius 3 is 2.48 bits per heavy atom. The van der Waals surface area contributed by atoms with Crippen molar-refractivity contribution in [1.82, 2.24) is 0 Å². The SMILES string of the molecule is CC(C)(C)OCCOc1ccc2ccccc2c1C(=O)O. The lowest BCUT2D eigenvalue weighted by molar-refractivity contribution is -0.0164. The molecule has 1 N–H and O–H groups in total. The quantitative estimate of drug-likeness (QED) is 0.852. The van der Waals surface area contributed by atoms with E-state index in [-0.39, 0.29) is 11.2 Å². The molecule has 0 aromatic heterocycles. The predicted molar refractivity (Wildman–Crippen MR) is 82.1 cm³/mol. The topological polar surface area (TPSA) is 55.8 Å². The van der Waals surface area contributed by atoms with E-state index < -0.39 is 5.97 Å². The van der Waals surface area contributed by atoms with E-state index in [1.54, 1.807) is 12.1 Å². The molecule has 0 aliphatic rings. The van der Waals surface area contributed by atoms with Crippen LogP contribution in [-0.4, -0.2) is 29.9 Å². The first-order valence-corrected chi connectivity index (χ1v) is 6.90. The number of benzene rings is 2. The zero-order valence-electron chi connectivity index (χ0n) is 12.6. The van der Waals surface area contributed by atoms with E-state index >= 15 is 0 Å². The summed E-state index contributed by atoms with van der Waals surface area (Å²) in [6.07, 6.45) is 0. The number of rotatable bonds is 5. The molecule has 0 atom stereocenters. The van der Waals surface area contributed by atoms with Crippen LogP contribution in [0.25, 0.3) is 10.8 Å². The van der Waals surface area contributed by atoms with Gasteiger partial charge in [-0.05, 0) is 37.6 Å². The molecule has 0 amide bonds. The van der Waals surface area contributed by atoms with Crippen molar-refractivity contribution in [2.45, 2.75) is 26.4 Å². The largest absolute Gasteiger partial charge is 0.490 e. The van der Waals surface area contributed by atoms with E-state index in [2.05, 4.69) is 0 Å². The Morgan fingerprint density at radius 1 is 1.10 bits per heavy atom. The summed E-state index contributed by atoms with van der Waals surface area (Å²) >= 11 is 0. The summed E-state index contributed by atoms with van der Waals surface area (Å²) in [5, 5.41) is 11.0. The second-order valence-electron chi connectivity index (χ2n) is 5.77. The Morgan fingerprint density at radius 2 is 1.81 bits per heavy atom. The minimum absolute atomic E-state index is 0.198. The van der Waals surface area contributed by atoms with E-state index in [9.17, 15) is 9.90 Å². The first kappa shape index (κ1) is 15.3. The van der Waals surface area contributed by atoms with Crippen LogP contribution in [0.1, 0.15) is 31.1 Å². The summed E-state index contributed by atoms with van der Waals surface area (Å²) in [5.41, 5.74) is -0.0357. The van der Waals surface area contributed by atoms with Gasteiger partial charge in [-0.25, -0.2) is 4.79 Å². The van der Waals surface area contributed by atoms with E-state index in [4.69, 9.17) is 9.47 Å². The number of carbonyl (C=O) groups is 1. The third kappa shape index (κ3) is 3.95. The molecule has 0 fully saturated rings. The van der Waals surface area contributed by atoms with Gasteiger partial charge in [0.2, 0.25) is 0 Å². The Labute approximate surface area is 124 Å². The summed E-state index contributed by atoms with van der Waals surface area (Å²) in [6.45, 7) is 6.62. The molecule has 0 unspecified atom stereocenters. The Bertz CT molecular complexity index is 641. The lowest BCUT2D eigenvalue weighted by Crippen LogP contribution is -2.22. The number of hydrogen-bond acceptors (Lipinski definition) is 3. The van der Waals surface area contributed by atoms with Crippen molar-refractivity contribution < 1.29 is 19.4 Å². The number of hydrogen-bond donors (Lipinski definition) is 1. The summed E-state index contributed by atoms with van der Waals surface area (Å²) in [6, 6.07) is 10.9. The van der Waals surface area contributed by atoms with Crippen LogP contribution in [0.3, 0.4) is 0 Å². The second kappa shape index (κ2) is 6.14. The molecule has 0 aliphatic carbocycles. The van der Waals surface area contributed by atoms with E-state index in [0.717, 1.165) is 5.39 Å². The molecule has 2 aromatic rings. The summed E-state index contributed by atoms with van der Waals surface area (Å²) in [5.74, 6) is -0.614. The highest BCUT2D eigenvalue weighted by Crippen LogP contribution is 2.28. The zero-order chi connectivity index (χ0) is 15.5. The van der Waals surface area contributed by atoms with Gasteiger partial charge < -0.3 is 14.6 Å². The molecule has 2 aromatic carbocycles. The zero-order valence-corrected chi connectivity index (χ0v) is 12.6. The van der Waals surface area contributed by atoms with Gasteiger partial charge in [0.15, 0.2) is 0 Å². The van der Waals surface area contributed by atoms with Crippen molar-refractivity contribution in [2.24, 2.45) is 0 Å². The van der Waals surface area contributed by atoms with Crippen molar-refractivity contribution >= 4 is 16.7 Å². The average molecular weight is 288 g/mol. The molecule has 0 bridgehead atoms. The number of ether oxygens (including phenoxy) is 2. The molecule has 0 saturated carbocycles. The van der Waals surface area contributed by atoms with Crippen molar-refractivity contribution in [3.63, 3.8) is 0 Å².